The van der Waals surface area contributed by atoms with Gasteiger partial charge < -0.3 is 15.0 Å². The van der Waals surface area contributed by atoms with E-state index in [4.69, 9.17) is 4.74 Å². The fraction of sp³-hybridized carbons (Fsp3) is 0.812. The highest BCUT2D eigenvalue weighted by atomic mass is 16.5. The first kappa shape index (κ1) is 18.0. The lowest BCUT2D eigenvalue weighted by atomic mass is 10.1. The van der Waals surface area contributed by atoms with Gasteiger partial charge in [0.15, 0.2) is 0 Å². The molecule has 1 rings (SSSR count). The first-order valence-electron chi connectivity index (χ1n) is 8.09. The van der Waals surface area contributed by atoms with Crippen LogP contribution in [0.25, 0.3) is 0 Å². The summed E-state index contributed by atoms with van der Waals surface area (Å²) < 4.78 is 7.34. The molecule has 0 unspecified atom stereocenters. The van der Waals surface area contributed by atoms with Crippen LogP contribution in [0.4, 0.5) is 5.82 Å². The van der Waals surface area contributed by atoms with Crippen molar-refractivity contribution in [2.24, 2.45) is 7.05 Å². The van der Waals surface area contributed by atoms with Crippen LogP contribution in [0.1, 0.15) is 44.9 Å². The summed E-state index contributed by atoms with van der Waals surface area (Å²) in [5.74, 6) is 1.24. The molecular weight excluding hydrogens is 264 g/mol. The highest BCUT2D eigenvalue weighted by Crippen LogP contribution is 2.26. The smallest absolute Gasteiger partial charge is 0.131 e. The van der Waals surface area contributed by atoms with E-state index < -0.39 is 0 Å². The van der Waals surface area contributed by atoms with Crippen LogP contribution in [0.5, 0.6) is 0 Å². The van der Waals surface area contributed by atoms with E-state index in [9.17, 15) is 0 Å². The molecule has 0 saturated heterocycles. The molecule has 1 aromatic rings. The molecule has 0 aliphatic carbocycles. The predicted octanol–water partition coefficient (Wildman–Crippen LogP) is 2.48. The van der Waals surface area contributed by atoms with Gasteiger partial charge in [0.2, 0.25) is 0 Å². The van der Waals surface area contributed by atoms with Gasteiger partial charge in [0.05, 0.1) is 12.3 Å². The van der Waals surface area contributed by atoms with Crippen LogP contribution < -0.4 is 10.2 Å². The Balaban J connectivity index is 3.15. The quantitative estimate of drug-likeness (QED) is 0.720. The Bertz CT molecular complexity index is 413. The molecule has 0 aromatic carbocycles. The zero-order chi connectivity index (χ0) is 15.8. The second kappa shape index (κ2) is 9.05. The molecular formula is C16H32N4O. The third-order valence-corrected chi connectivity index (χ3v) is 4.06. The van der Waals surface area contributed by atoms with E-state index in [2.05, 4.69) is 43.0 Å². The maximum absolute atomic E-state index is 5.31. The van der Waals surface area contributed by atoms with E-state index in [1.165, 1.54) is 11.4 Å². The van der Waals surface area contributed by atoms with E-state index in [1.807, 2.05) is 11.7 Å². The topological polar surface area (TPSA) is 42.3 Å². The molecule has 122 valence electrons. The fourth-order valence-electron chi connectivity index (χ4n) is 2.89. The van der Waals surface area contributed by atoms with Gasteiger partial charge in [0, 0.05) is 38.9 Å². The average molecular weight is 296 g/mol. The molecule has 21 heavy (non-hydrogen) atoms. The van der Waals surface area contributed by atoms with Gasteiger partial charge in [0.1, 0.15) is 5.82 Å². The molecule has 1 heterocycles. The number of nitrogens with zero attached hydrogens (tertiary/aromatic N) is 3. The highest BCUT2D eigenvalue weighted by molar-refractivity contribution is 5.51. The number of hydrogen-bond donors (Lipinski definition) is 1. The molecule has 0 saturated carbocycles. The second-order valence-corrected chi connectivity index (χ2v) is 5.45. The molecule has 1 N–H and O–H groups in total. The summed E-state index contributed by atoms with van der Waals surface area (Å²) in [7, 11) is 3.80. The Morgan fingerprint density at radius 3 is 2.48 bits per heavy atom. The first-order chi connectivity index (χ1) is 10.1. The van der Waals surface area contributed by atoms with Crippen molar-refractivity contribution in [3.8, 4) is 0 Å². The molecule has 1 aromatic heterocycles. The van der Waals surface area contributed by atoms with Crippen LogP contribution in [0.3, 0.4) is 0 Å². The van der Waals surface area contributed by atoms with Crippen LogP contribution >= 0.6 is 0 Å². The van der Waals surface area contributed by atoms with E-state index in [1.54, 1.807) is 7.11 Å². The van der Waals surface area contributed by atoms with Crippen molar-refractivity contribution in [3.05, 3.63) is 11.3 Å². The van der Waals surface area contributed by atoms with Crippen LogP contribution in [0.15, 0.2) is 0 Å². The minimum absolute atomic E-state index is 0.523. The third kappa shape index (κ3) is 4.45. The Morgan fingerprint density at radius 2 is 1.95 bits per heavy atom. The summed E-state index contributed by atoms with van der Waals surface area (Å²) in [6, 6.07) is 0.523. The van der Waals surface area contributed by atoms with Crippen LogP contribution in [-0.2, 0) is 18.3 Å². The fourth-order valence-corrected chi connectivity index (χ4v) is 2.89. The summed E-state index contributed by atoms with van der Waals surface area (Å²) in [5, 5.41) is 8.07. The third-order valence-electron chi connectivity index (χ3n) is 4.06. The Kier molecular flexibility index (Phi) is 7.75. The lowest BCUT2D eigenvalue weighted by Gasteiger charge is -2.33. The minimum Gasteiger partial charge on any atom is -0.383 e. The Morgan fingerprint density at radius 1 is 1.29 bits per heavy atom. The lowest BCUT2D eigenvalue weighted by Crippen LogP contribution is -2.39. The van der Waals surface area contributed by atoms with Crippen LogP contribution in [-0.4, -0.2) is 42.6 Å². The van der Waals surface area contributed by atoms with E-state index in [0.29, 0.717) is 6.04 Å². The average Bonchev–Trinajstić information content (AvgIpc) is 2.75. The van der Waals surface area contributed by atoms with E-state index in [-0.39, 0.29) is 0 Å². The SMILES string of the molecule is CCNCc1c(C)nn(C)c1N(CCOC)C(CC)CC. The van der Waals surface area contributed by atoms with E-state index >= 15 is 0 Å². The van der Waals surface area contributed by atoms with Crippen molar-refractivity contribution >= 4 is 5.82 Å². The molecule has 0 bridgehead atoms. The van der Waals surface area contributed by atoms with Gasteiger partial charge in [-0.3, -0.25) is 4.68 Å². The zero-order valence-electron chi connectivity index (χ0n) is 14.6. The van der Waals surface area contributed by atoms with Crippen molar-refractivity contribution < 1.29 is 4.74 Å². The monoisotopic (exact) mass is 296 g/mol. The standard InChI is InChI=1S/C16H32N4O/c1-7-14(8-2)20(10-11-21-6)16-15(12-17-9-3)13(4)18-19(16)5/h14,17H,7-12H2,1-6H3. The Labute approximate surface area is 129 Å². The molecule has 0 atom stereocenters. The normalized spacial score (nSPS) is 11.4. The number of aryl methyl sites for hydroxylation is 2. The number of anilines is 1. The number of rotatable bonds is 10. The van der Waals surface area contributed by atoms with Crippen LogP contribution in [0, 0.1) is 6.92 Å². The van der Waals surface area contributed by atoms with Gasteiger partial charge in [-0.15, -0.1) is 0 Å². The predicted molar refractivity (Wildman–Crippen MR) is 88.9 cm³/mol. The van der Waals surface area contributed by atoms with Crippen molar-refractivity contribution in [2.45, 2.75) is 53.1 Å². The van der Waals surface area contributed by atoms with Gasteiger partial charge in [-0.2, -0.15) is 5.10 Å². The zero-order valence-corrected chi connectivity index (χ0v) is 14.6. The minimum atomic E-state index is 0.523. The molecule has 5 heteroatoms. The van der Waals surface area contributed by atoms with Crippen molar-refractivity contribution in [2.75, 3.05) is 31.7 Å². The number of methoxy groups -OCH3 is 1. The highest BCUT2D eigenvalue weighted by Gasteiger charge is 2.23. The van der Waals surface area contributed by atoms with Gasteiger partial charge in [0.25, 0.3) is 0 Å². The number of nitrogens with one attached hydrogen (secondary N) is 1. The van der Waals surface area contributed by atoms with Gasteiger partial charge >= 0.3 is 0 Å². The maximum atomic E-state index is 5.31. The summed E-state index contributed by atoms with van der Waals surface area (Å²) in [6.07, 6.45) is 2.26. The van der Waals surface area contributed by atoms with Gasteiger partial charge in [-0.1, -0.05) is 20.8 Å². The summed E-state index contributed by atoms with van der Waals surface area (Å²) in [5.41, 5.74) is 2.42. The van der Waals surface area contributed by atoms with Gasteiger partial charge in [-0.25, -0.2) is 0 Å². The van der Waals surface area contributed by atoms with Crippen molar-refractivity contribution in [1.29, 1.82) is 0 Å². The first-order valence-corrected chi connectivity index (χ1v) is 8.09. The number of hydrogen-bond acceptors (Lipinski definition) is 4. The lowest BCUT2D eigenvalue weighted by molar-refractivity contribution is 0.202. The molecule has 0 amide bonds. The largest absolute Gasteiger partial charge is 0.383 e. The van der Waals surface area contributed by atoms with Crippen molar-refractivity contribution in [1.82, 2.24) is 15.1 Å². The molecule has 0 aliphatic heterocycles. The molecule has 0 aliphatic rings. The van der Waals surface area contributed by atoms with Crippen LogP contribution in [0.2, 0.25) is 0 Å². The summed E-state index contributed by atoms with van der Waals surface area (Å²) in [6.45, 7) is 12.2. The maximum Gasteiger partial charge on any atom is 0.131 e. The number of ether oxygens (including phenoxy) is 1. The van der Waals surface area contributed by atoms with E-state index in [0.717, 1.165) is 44.8 Å². The Hall–Kier alpha value is -1.07. The summed E-state index contributed by atoms with van der Waals surface area (Å²) in [4.78, 5) is 2.47. The molecule has 0 radical (unpaired) electrons. The number of aromatic nitrogens is 2. The van der Waals surface area contributed by atoms with Gasteiger partial charge in [-0.05, 0) is 26.3 Å². The molecule has 5 nitrogen and oxygen atoms in total. The molecule has 0 fully saturated rings. The molecule has 0 spiro atoms. The second-order valence-electron chi connectivity index (χ2n) is 5.45. The van der Waals surface area contributed by atoms with Crippen molar-refractivity contribution in [3.63, 3.8) is 0 Å². The summed E-state index contributed by atoms with van der Waals surface area (Å²) >= 11 is 0.